The number of nitrogens with one attached hydrogen (secondary N) is 1. The minimum Gasteiger partial charge on any atom is -0.489 e. The third kappa shape index (κ3) is 2.90. The fraction of sp³-hybridized carbons (Fsp3) is 0.353. The van der Waals surface area contributed by atoms with E-state index in [9.17, 15) is 0 Å². The summed E-state index contributed by atoms with van der Waals surface area (Å²) in [6, 6.07) is 8.28. The molecule has 3 aromatic heterocycles. The van der Waals surface area contributed by atoms with E-state index in [0.717, 1.165) is 31.1 Å². The van der Waals surface area contributed by atoms with Gasteiger partial charge in [-0.25, -0.2) is 4.98 Å². The zero-order chi connectivity index (χ0) is 16.4. The molecule has 1 unspecified atom stereocenters. The molecular weight excluding hydrogens is 306 g/mol. The van der Waals surface area contributed by atoms with Gasteiger partial charge >= 0.3 is 0 Å². The summed E-state index contributed by atoms with van der Waals surface area (Å²) in [6.45, 7) is 4.98. The van der Waals surface area contributed by atoms with E-state index >= 15 is 0 Å². The summed E-state index contributed by atoms with van der Waals surface area (Å²) >= 11 is 0. The Morgan fingerprint density at radius 1 is 1.29 bits per heavy atom. The number of piperazine rings is 1. The number of fused-ring (bicyclic) bond motifs is 1. The molecule has 1 aliphatic heterocycles. The molecule has 7 heteroatoms. The van der Waals surface area contributed by atoms with E-state index in [2.05, 4.69) is 25.2 Å². The zero-order valence-electron chi connectivity index (χ0n) is 13.5. The summed E-state index contributed by atoms with van der Waals surface area (Å²) in [5, 5.41) is 3.40. The lowest BCUT2D eigenvalue weighted by Gasteiger charge is -2.34. The summed E-state index contributed by atoms with van der Waals surface area (Å²) in [5.74, 6) is 0.808. The molecule has 1 fully saturated rings. The quantitative estimate of drug-likeness (QED) is 0.783. The Balaban J connectivity index is 1.53. The van der Waals surface area contributed by atoms with E-state index < -0.39 is 0 Å². The number of hydrogen-bond acceptors (Lipinski definition) is 7. The third-order valence-electron chi connectivity index (χ3n) is 4.14. The maximum atomic E-state index is 5.97. The number of nitrogens with zero attached hydrogens (tertiary/aromatic N) is 4. The van der Waals surface area contributed by atoms with Crippen molar-refractivity contribution in [1.82, 2.24) is 20.3 Å². The first-order valence-electron chi connectivity index (χ1n) is 8.04. The van der Waals surface area contributed by atoms with Crippen molar-refractivity contribution in [2.24, 2.45) is 0 Å². The lowest BCUT2D eigenvalue weighted by atomic mass is 10.2. The first kappa shape index (κ1) is 14.9. The molecule has 7 nitrogen and oxygen atoms in total. The number of aryl methyl sites for hydroxylation is 1. The molecule has 24 heavy (non-hydrogen) atoms. The van der Waals surface area contributed by atoms with Gasteiger partial charge in [0.25, 0.3) is 6.01 Å². The lowest BCUT2D eigenvalue weighted by molar-refractivity contribution is 0.259. The summed E-state index contributed by atoms with van der Waals surface area (Å²) in [6.07, 6.45) is 3.49. The first-order chi connectivity index (χ1) is 11.8. The molecular formula is C17H19N5O2. The van der Waals surface area contributed by atoms with Gasteiger partial charge in [-0.05, 0) is 31.2 Å². The maximum absolute atomic E-state index is 5.97. The number of aromatic nitrogens is 3. The highest BCUT2D eigenvalue weighted by Gasteiger charge is 2.27. The van der Waals surface area contributed by atoms with Crippen LogP contribution in [0.25, 0.3) is 11.2 Å². The van der Waals surface area contributed by atoms with Crippen molar-refractivity contribution >= 4 is 17.2 Å². The second kappa shape index (κ2) is 6.45. The highest BCUT2D eigenvalue weighted by atomic mass is 16.5. The maximum Gasteiger partial charge on any atom is 0.300 e. The molecule has 1 saturated heterocycles. The van der Waals surface area contributed by atoms with Crippen molar-refractivity contribution in [3.8, 4) is 5.75 Å². The van der Waals surface area contributed by atoms with Crippen LogP contribution in [0.4, 0.5) is 6.01 Å². The van der Waals surface area contributed by atoms with E-state index in [-0.39, 0.29) is 6.04 Å². The molecule has 0 bridgehead atoms. The molecule has 4 rings (SSSR count). The van der Waals surface area contributed by atoms with Gasteiger partial charge in [-0.3, -0.25) is 4.98 Å². The number of ether oxygens (including phenoxy) is 1. The van der Waals surface area contributed by atoms with Crippen LogP contribution < -0.4 is 15.0 Å². The Hall–Kier alpha value is -2.67. The minimum absolute atomic E-state index is 0.131. The minimum atomic E-state index is 0.131. The number of anilines is 1. The highest BCUT2D eigenvalue weighted by molar-refractivity contribution is 5.69. The van der Waals surface area contributed by atoms with Gasteiger partial charge in [-0.1, -0.05) is 0 Å². The second-order valence-corrected chi connectivity index (χ2v) is 5.77. The summed E-state index contributed by atoms with van der Waals surface area (Å²) in [7, 11) is 0. The predicted octanol–water partition coefficient (Wildman–Crippen LogP) is 1.78. The van der Waals surface area contributed by atoms with Crippen molar-refractivity contribution < 1.29 is 9.15 Å². The van der Waals surface area contributed by atoms with Crippen LogP contribution in [0.15, 0.2) is 41.1 Å². The number of oxazole rings is 1. The Bertz CT molecular complexity index is 801. The highest BCUT2D eigenvalue weighted by Crippen LogP contribution is 2.23. The van der Waals surface area contributed by atoms with Gasteiger partial charge in [-0.15, -0.1) is 0 Å². The van der Waals surface area contributed by atoms with E-state index in [0.29, 0.717) is 23.9 Å². The van der Waals surface area contributed by atoms with Crippen LogP contribution in [0.1, 0.15) is 5.69 Å². The third-order valence-corrected chi connectivity index (χ3v) is 4.14. The average Bonchev–Trinajstić information content (AvgIpc) is 3.05. The van der Waals surface area contributed by atoms with Gasteiger partial charge in [0.05, 0.1) is 11.7 Å². The second-order valence-electron chi connectivity index (χ2n) is 5.77. The Morgan fingerprint density at radius 2 is 2.17 bits per heavy atom. The summed E-state index contributed by atoms with van der Waals surface area (Å²) in [4.78, 5) is 15.2. The van der Waals surface area contributed by atoms with E-state index in [1.54, 1.807) is 12.4 Å². The predicted molar refractivity (Wildman–Crippen MR) is 90.3 cm³/mol. The van der Waals surface area contributed by atoms with Crippen molar-refractivity contribution in [1.29, 1.82) is 0 Å². The molecule has 0 radical (unpaired) electrons. The molecule has 0 saturated carbocycles. The van der Waals surface area contributed by atoms with Gasteiger partial charge in [0.1, 0.15) is 12.4 Å². The fourth-order valence-electron chi connectivity index (χ4n) is 2.85. The number of pyridine rings is 2. The van der Waals surface area contributed by atoms with Crippen molar-refractivity contribution in [2.75, 3.05) is 31.1 Å². The number of rotatable bonds is 4. The van der Waals surface area contributed by atoms with Gasteiger partial charge in [0.15, 0.2) is 5.58 Å². The van der Waals surface area contributed by atoms with E-state index in [1.165, 1.54) is 0 Å². The van der Waals surface area contributed by atoms with Gasteiger partial charge in [0.2, 0.25) is 5.65 Å². The molecule has 0 amide bonds. The molecule has 124 valence electrons. The molecule has 3 aromatic rings. The molecule has 0 spiro atoms. The summed E-state index contributed by atoms with van der Waals surface area (Å²) < 4.78 is 11.8. The average molecular weight is 325 g/mol. The van der Waals surface area contributed by atoms with Gasteiger partial charge < -0.3 is 19.4 Å². The Morgan fingerprint density at radius 3 is 3.04 bits per heavy atom. The largest absolute Gasteiger partial charge is 0.489 e. The van der Waals surface area contributed by atoms with Crippen LogP contribution in [0.5, 0.6) is 5.75 Å². The van der Waals surface area contributed by atoms with E-state index in [4.69, 9.17) is 9.15 Å². The van der Waals surface area contributed by atoms with Crippen LogP contribution in [0, 0.1) is 6.92 Å². The smallest absolute Gasteiger partial charge is 0.300 e. The standard InChI is InChI=1S/C17H19N5O2/c1-12-14(4-2-6-19-12)23-11-13-10-18-8-9-22(13)17-21-16-15(24-17)5-3-7-20-16/h2-7,13,18H,8-11H2,1H3. The van der Waals surface area contributed by atoms with E-state index in [1.807, 2.05) is 31.2 Å². The van der Waals surface area contributed by atoms with Crippen LogP contribution in [0.2, 0.25) is 0 Å². The first-order valence-corrected chi connectivity index (χ1v) is 8.04. The Kier molecular flexibility index (Phi) is 4.00. The van der Waals surface area contributed by atoms with Gasteiger partial charge in [-0.2, -0.15) is 4.98 Å². The lowest BCUT2D eigenvalue weighted by Crippen LogP contribution is -2.54. The monoisotopic (exact) mass is 325 g/mol. The summed E-state index contributed by atoms with van der Waals surface area (Å²) in [5.41, 5.74) is 2.22. The molecule has 1 N–H and O–H groups in total. The fourth-order valence-corrected chi connectivity index (χ4v) is 2.85. The van der Waals surface area contributed by atoms with Crippen molar-refractivity contribution in [3.63, 3.8) is 0 Å². The molecule has 0 aromatic carbocycles. The SMILES string of the molecule is Cc1ncccc1OCC1CNCCN1c1nc2ncccc2o1. The van der Waals surface area contributed by atoms with Crippen molar-refractivity contribution in [2.45, 2.75) is 13.0 Å². The zero-order valence-corrected chi connectivity index (χ0v) is 13.5. The van der Waals surface area contributed by atoms with Crippen LogP contribution in [-0.2, 0) is 0 Å². The Labute approximate surface area is 139 Å². The molecule has 1 aliphatic rings. The van der Waals surface area contributed by atoms with Crippen LogP contribution in [0.3, 0.4) is 0 Å². The molecule has 1 atom stereocenters. The normalized spacial score (nSPS) is 18.0. The van der Waals surface area contributed by atoms with Crippen LogP contribution in [-0.4, -0.2) is 47.2 Å². The topological polar surface area (TPSA) is 76.3 Å². The molecule has 4 heterocycles. The van der Waals surface area contributed by atoms with Crippen molar-refractivity contribution in [3.05, 3.63) is 42.4 Å². The van der Waals surface area contributed by atoms with Gasteiger partial charge in [0, 0.05) is 32.0 Å². The number of hydrogen-bond donors (Lipinski definition) is 1. The molecule has 0 aliphatic carbocycles. The van der Waals surface area contributed by atoms with Crippen LogP contribution >= 0.6 is 0 Å².